The predicted molar refractivity (Wildman–Crippen MR) is 78.0 cm³/mol. The van der Waals surface area contributed by atoms with E-state index in [1.807, 2.05) is 6.92 Å². The third-order valence-electron chi connectivity index (χ3n) is 3.81. The minimum absolute atomic E-state index is 0.0733. The highest BCUT2D eigenvalue weighted by Crippen LogP contribution is 2.21. The molecule has 0 amide bonds. The highest BCUT2D eigenvalue weighted by molar-refractivity contribution is 5.30. The second-order valence-electron chi connectivity index (χ2n) is 5.21. The van der Waals surface area contributed by atoms with Gasteiger partial charge >= 0.3 is 0 Å². The summed E-state index contributed by atoms with van der Waals surface area (Å²) in [5.41, 5.74) is 1.46. The molecule has 0 N–H and O–H groups in total. The molecule has 1 atom stereocenters. The zero-order chi connectivity index (χ0) is 14.4. The van der Waals surface area contributed by atoms with Gasteiger partial charge in [0.25, 0.3) is 5.95 Å². The molecule has 0 aliphatic heterocycles. The van der Waals surface area contributed by atoms with Crippen molar-refractivity contribution in [2.24, 2.45) is 5.92 Å². The van der Waals surface area contributed by atoms with E-state index in [1.165, 1.54) is 12.8 Å². The molecule has 1 heterocycles. The minimum atomic E-state index is 0.0733. The van der Waals surface area contributed by atoms with Crippen LogP contribution in [-0.4, -0.2) is 7.11 Å². The van der Waals surface area contributed by atoms with Gasteiger partial charge in [-0.3, -0.25) is 4.79 Å². The molecule has 3 nitrogen and oxygen atoms in total. The van der Waals surface area contributed by atoms with Crippen LogP contribution in [0.25, 0.3) is 0 Å². The molecule has 0 aliphatic carbocycles. The molecule has 0 aliphatic rings. The van der Waals surface area contributed by atoms with E-state index < -0.39 is 0 Å². The van der Waals surface area contributed by atoms with Crippen molar-refractivity contribution in [1.29, 1.82) is 0 Å². The first kappa shape index (κ1) is 15.8. The van der Waals surface area contributed by atoms with Crippen LogP contribution < -0.4 is 10.2 Å². The fourth-order valence-electron chi connectivity index (χ4n) is 2.27. The van der Waals surface area contributed by atoms with Crippen molar-refractivity contribution in [3.05, 3.63) is 27.1 Å². The maximum atomic E-state index is 12.2. The van der Waals surface area contributed by atoms with Gasteiger partial charge < -0.3 is 9.15 Å². The standard InChI is InChI=1S/C16H26O3/c1-6-11(3)9-8-10-14-13(7-2)15(17)12(4)16(18-5)19-14/h11H,6-10H2,1-5H3/t11-/m0/s1. The van der Waals surface area contributed by atoms with Crippen LogP contribution in [0.15, 0.2) is 9.21 Å². The topological polar surface area (TPSA) is 39.4 Å². The Hall–Kier alpha value is -1.25. The molecular weight excluding hydrogens is 240 g/mol. The first-order chi connectivity index (χ1) is 9.04. The number of hydrogen-bond donors (Lipinski definition) is 0. The van der Waals surface area contributed by atoms with Gasteiger partial charge in [-0.1, -0.05) is 33.6 Å². The Balaban J connectivity index is 2.93. The summed E-state index contributed by atoms with van der Waals surface area (Å²) in [7, 11) is 1.54. The van der Waals surface area contributed by atoms with E-state index in [0.29, 0.717) is 17.9 Å². The normalized spacial score (nSPS) is 12.5. The van der Waals surface area contributed by atoms with Crippen LogP contribution in [-0.2, 0) is 12.8 Å². The lowest BCUT2D eigenvalue weighted by atomic mass is 9.99. The van der Waals surface area contributed by atoms with E-state index in [-0.39, 0.29) is 5.43 Å². The molecule has 108 valence electrons. The number of rotatable bonds is 7. The van der Waals surface area contributed by atoms with Crippen molar-refractivity contribution in [1.82, 2.24) is 0 Å². The first-order valence-corrected chi connectivity index (χ1v) is 7.24. The van der Waals surface area contributed by atoms with Crippen LogP contribution in [0.3, 0.4) is 0 Å². The van der Waals surface area contributed by atoms with Crippen LogP contribution in [0.1, 0.15) is 56.9 Å². The van der Waals surface area contributed by atoms with Gasteiger partial charge in [0.05, 0.1) is 12.7 Å². The first-order valence-electron chi connectivity index (χ1n) is 7.24. The summed E-state index contributed by atoms with van der Waals surface area (Å²) in [5, 5.41) is 0. The van der Waals surface area contributed by atoms with Crippen molar-refractivity contribution in [3.63, 3.8) is 0 Å². The Morgan fingerprint density at radius 1 is 1.32 bits per heavy atom. The van der Waals surface area contributed by atoms with Gasteiger partial charge in [-0.05, 0) is 25.7 Å². The third kappa shape index (κ3) is 3.85. The summed E-state index contributed by atoms with van der Waals surface area (Å²) in [4.78, 5) is 12.2. The monoisotopic (exact) mass is 266 g/mol. The van der Waals surface area contributed by atoms with Crippen LogP contribution >= 0.6 is 0 Å². The van der Waals surface area contributed by atoms with Crippen molar-refractivity contribution in [2.45, 2.75) is 59.8 Å². The van der Waals surface area contributed by atoms with Crippen molar-refractivity contribution < 1.29 is 9.15 Å². The minimum Gasteiger partial charge on any atom is -0.468 e. The molecule has 1 aromatic heterocycles. The third-order valence-corrected chi connectivity index (χ3v) is 3.81. The zero-order valence-corrected chi connectivity index (χ0v) is 12.8. The maximum Gasteiger partial charge on any atom is 0.291 e. The molecular formula is C16H26O3. The van der Waals surface area contributed by atoms with Gasteiger partial charge in [-0.25, -0.2) is 0 Å². The number of aryl methyl sites for hydroxylation is 1. The SMILES string of the molecule is CCc1c(CCC[C@@H](C)CC)oc(OC)c(C)c1=O. The van der Waals surface area contributed by atoms with Gasteiger partial charge in [-0.15, -0.1) is 0 Å². The Bertz CT molecular complexity index is 460. The maximum absolute atomic E-state index is 12.2. The largest absolute Gasteiger partial charge is 0.468 e. The fraction of sp³-hybridized carbons (Fsp3) is 0.688. The van der Waals surface area contributed by atoms with Crippen molar-refractivity contribution in [2.75, 3.05) is 7.11 Å². The second-order valence-corrected chi connectivity index (χ2v) is 5.21. The molecule has 0 bridgehead atoms. The van der Waals surface area contributed by atoms with Crippen molar-refractivity contribution in [3.8, 4) is 5.95 Å². The fourth-order valence-corrected chi connectivity index (χ4v) is 2.27. The van der Waals surface area contributed by atoms with E-state index in [2.05, 4.69) is 13.8 Å². The van der Waals surface area contributed by atoms with Gasteiger partial charge in [0.2, 0.25) is 0 Å². The second kappa shape index (κ2) is 7.37. The Kier molecular flexibility index (Phi) is 6.13. The van der Waals surface area contributed by atoms with E-state index in [1.54, 1.807) is 14.0 Å². The van der Waals surface area contributed by atoms with Crippen LogP contribution in [0.4, 0.5) is 0 Å². The van der Waals surface area contributed by atoms with Gasteiger partial charge in [0.15, 0.2) is 5.43 Å². The molecule has 0 unspecified atom stereocenters. The van der Waals surface area contributed by atoms with Crippen molar-refractivity contribution >= 4 is 0 Å². The molecule has 0 radical (unpaired) electrons. The lowest BCUT2D eigenvalue weighted by molar-refractivity contribution is 0.276. The van der Waals surface area contributed by atoms with Crippen LogP contribution in [0.2, 0.25) is 0 Å². The summed E-state index contributed by atoms with van der Waals surface area (Å²) < 4.78 is 10.9. The van der Waals surface area contributed by atoms with E-state index in [0.717, 1.165) is 30.1 Å². The molecule has 1 rings (SSSR count). The van der Waals surface area contributed by atoms with Gasteiger partial charge in [0.1, 0.15) is 5.76 Å². The quantitative estimate of drug-likeness (QED) is 0.751. The number of hydrogen-bond acceptors (Lipinski definition) is 3. The van der Waals surface area contributed by atoms with E-state index >= 15 is 0 Å². The number of ether oxygens (including phenoxy) is 1. The zero-order valence-electron chi connectivity index (χ0n) is 12.8. The smallest absolute Gasteiger partial charge is 0.291 e. The summed E-state index contributed by atoms with van der Waals surface area (Å²) in [6, 6.07) is 0. The Labute approximate surface area is 116 Å². The highest BCUT2D eigenvalue weighted by atomic mass is 16.6. The van der Waals surface area contributed by atoms with E-state index in [9.17, 15) is 4.79 Å². The molecule has 3 heteroatoms. The molecule has 0 saturated carbocycles. The highest BCUT2D eigenvalue weighted by Gasteiger charge is 2.15. The average Bonchev–Trinajstić information content (AvgIpc) is 2.42. The molecule has 0 saturated heterocycles. The summed E-state index contributed by atoms with van der Waals surface area (Å²) in [6.07, 6.45) is 4.95. The average molecular weight is 266 g/mol. The lowest BCUT2D eigenvalue weighted by Crippen LogP contribution is -2.15. The summed E-state index contributed by atoms with van der Waals surface area (Å²) in [5.74, 6) is 1.89. The van der Waals surface area contributed by atoms with Crippen LogP contribution in [0, 0.1) is 12.8 Å². The lowest BCUT2D eigenvalue weighted by Gasteiger charge is -2.12. The van der Waals surface area contributed by atoms with E-state index in [4.69, 9.17) is 9.15 Å². The molecule has 19 heavy (non-hydrogen) atoms. The predicted octanol–water partition coefficient (Wildman–Crippen LogP) is 3.89. The molecule has 0 aromatic carbocycles. The summed E-state index contributed by atoms with van der Waals surface area (Å²) >= 11 is 0. The van der Waals surface area contributed by atoms with Gasteiger partial charge in [-0.2, -0.15) is 0 Å². The molecule has 0 spiro atoms. The molecule has 0 fully saturated rings. The molecule has 1 aromatic rings. The number of methoxy groups -OCH3 is 1. The summed E-state index contributed by atoms with van der Waals surface area (Å²) in [6.45, 7) is 8.22. The Morgan fingerprint density at radius 3 is 2.53 bits per heavy atom. The van der Waals surface area contributed by atoms with Crippen LogP contribution in [0.5, 0.6) is 5.95 Å². The Morgan fingerprint density at radius 2 is 2.00 bits per heavy atom. The van der Waals surface area contributed by atoms with Gasteiger partial charge in [0, 0.05) is 12.0 Å².